The molecular weight excluding hydrogens is 384 g/mol. The molecule has 1 amide bonds. The lowest BCUT2D eigenvalue weighted by Crippen LogP contribution is -2.43. The van der Waals surface area contributed by atoms with Gasteiger partial charge in [-0.05, 0) is 52.5 Å². The maximum Gasteiger partial charge on any atom is 0.244 e. The average Bonchev–Trinajstić information content (AvgIpc) is 3.01. The second-order valence-corrected chi connectivity index (χ2v) is 8.51. The number of halogens is 1. The number of thiophene rings is 1. The Labute approximate surface area is 155 Å². The molecule has 2 aromatic rings. The second kappa shape index (κ2) is 8.60. The highest BCUT2D eigenvalue weighted by Gasteiger charge is 2.19. The van der Waals surface area contributed by atoms with E-state index in [9.17, 15) is 4.79 Å². The lowest BCUT2D eigenvalue weighted by atomic mass is 10.0. The molecule has 0 spiro atoms. The first-order valence-electron chi connectivity index (χ1n) is 8.19. The first-order valence-corrected chi connectivity index (χ1v) is 9.80. The Morgan fingerprint density at radius 2 is 1.96 bits per heavy atom. The molecule has 0 saturated carbocycles. The van der Waals surface area contributed by atoms with Crippen LogP contribution in [-0.2, 0) is 11.3 Å². The topological polar surface area (TPSA) is 32.3 Å². The van der Waals surface area contributed by atoms with E-state index in [0.29, 0.717) is 0 Å². The van der Waals surface area contributed by atoms with E-state index in [-0.39, 0.29) is 11.9 Å². The van der Waals surface area contributed by atoms with Crippen molar-refractivity contribution in [3.8, 4) is 0 Å². The largest absolute Gasteiger partial charge is 0.350 e. The number of rotatable bonds is 5. The Hall–Kier alpha value is -1.43. The number of benzene rings is 1. The van der Waals surface area contributed by atoms with E-state index in [1.165, 1.54) is 5.56 Å². The lowest BCUT2D eigenvalue weighted by molar-refractivity contribution is -0.117. The van der Waals surface area contributed by atoms with E-state index >= 15 is 0 Å². The van der Waals surface area contributed by atoms with Gasteiger partial charge < -0.3 is 5.32 Å². The van der Waals surface area contributed by atoms with Gasteiger partial charge in [-0.2, -0.15) is 0 Å². The van der Waals surface area contributed by atoms with Crippen molar-refractivity contribution in [3.63, 3.8) is 0 Å². The predicted octanol–water partition coefficient (Wildman–Crippen LogP) is 4.30. The SMILES string of the molecule is O=C(/C=C/c1ccc(Br)s1)NC1CCN(Cc2ccccc2)CC1. The van der Waals surface area contributed by atoms with Crippen molar-refractivity contribution in [2.75, 3.05) is 13.1 Å². The number of hydrogen-bond donors (Lipinski definition) is 1. The third-order valence-corrected chi connectivity index (χ3v) is 5.76. The maximum absolute atomic E-state index is 12.0. The van der Waals surface area contributed by atoms with Crippen LogP contribution in [0.1, 0.15) is 23.3 Å². The van der Waals surface area contributed by atoms with Crippen LogP contribution in [0.4, 0.5) is 0 Å². The van der Waals surface area contributed by atoms with Crippen LogP contribution in [0.3, 0.4) is 0 Å². The maximum atomic E-state index is 12.0. The normalized spacial score (nSPS) is 16.5. The number of nitrogens with one attached hydrogen (secondary N) is 1. The van der Waals surface area contributed by atoms with Gasteiger partial charge in [-0.25, -0.2) is 0 Å². The highest BCUT2D eigenvalue weighted by Crippen LogP contribution is 2.23. The van der Waals surface area contributed by atoms with Crippen LogP contribution >= 0.6 is 27.3 Å². The second-order valence-electron chi connectivity index (χ2n) is 6.02. The standard InChI is InChI=1S/C19H21BrN2OS/c20-18-8-6-17(24-18)7-9-19(23)21-16-10-12-22(13-11-16)14-15-4-2-1-3-5-15/h1-9,16H,10-14H2,(H,21,23)/b9-7+. The summed E-state index contributed by atoms with van der Waals surface area (Å²) >= 11 is 5.05. The molecule has 2 heterocycles. The van der Waals surface area contributed by atoms with E-state index < -0.39 is 0 Å². The molecule has 0 atom stereocenters. The molecule has 0 bridgehead atoms. The minimum absolute atomic E-state index is 0.000955. The Balaban J connectivity index is 1.42. The van der Waals surface area contributed by atoms with E-state index in [2.05, 4.69) is 50.4 Å². The van der Waals surface area contributed by atoms with E-state index in [1.54, 1.807) is 17.4 Å². The Kier molecular flexibility index (Phi) is 6.24. The fourth-order valence-corrected chi connectivity index (χ4v) is 4.23. The molecule has 1 saturated heterocycles. The van der Waals surface area contributed by atoms with Crippen molar-refractivity contribution >= 4 is 39.2 Å². The minimum atomic E-state index is 0.000955. The molecule has 5 heteroatoms. The Morgan fingerprint density at radius 3 is 2.62 bits per heavy atom. The van der Waals surface area contributed by atoms with E-state index in [4.69, 9.17) is 0 Å². The van der Waals surface area contributed by atoms with Gasteiger partial charge in [0, 0.05) is 36.6 Å². The minimum Gasteiger partial charge on any atom is -0.350 e. The Bertz CT molecular complexity index is 690. The number of carbonyl (C=O) groups excluding carboxylic acids is 1. The molecule has 3 nitrogen and oxygen atoms in total. The van der Waals surface area contributed by atoms with Gasteiger partial charge in [0.1, 0.15) is 0 Å². The van der Waals surface area contributed by atoms with Gasteiger partial charge in [0.05, 0.1) is 3.79 Å². The van der Waals surface area contributed by atoms with Gasteiger partial charge in [-0.3, -0.25) is 9.69 Å². The highest BCUT2D eigenvalue weighted by molar-refractivity contribution is 9.11. The van der Waals surface area contributed by atoms with Crippen LogP contribution in [0.25, 0.3) is 6.08 Å². The summed E-state index contributed by atoms with van der Waals surface area (Å²) in [5, 5.41) is 3.12. The lowest BCUT2D eigenvalue weighted by Gasteiger charge is -2.32. The van der Waals surface area contributed by atoms with Gasteiger partial charge in [-0.15, -0.1) is 11.3 Å². The molecule has 0 aliphatic carbocycles. The molecule has 126 valence electrons. The van der Waals surface area contributed by atoms with E-state index in [1.807, 2.05) is 24.3 Å². The number of likely N-dealkylation sites (tertiary alicyclic amines) is 1. The van der Waals surface area contributed by atoms with Crippen molar-refractivity contribution in [2.45, 2.75) is 25.4 Å². The summed E-state index contributed by atoms with van der Waals surface area (Å²) < 4.78 is 1.08. The first kappa shape index (κ1) is 17.4. The molecule has 24 heavy (non-hydrogen) atoms. The number of piperidine rings is 1. The summed E-state index contributed by atoms with van der Waals surface area (Å²) in [4.78, 5) is 15.6. The highest BCUT2D eigenvalue weighted by atomic mass is 79.9. The van der Waals surface area contributed by atoms with Gasteiger partial charge in [0.2, 0.25) is 5.91 Å². The third-order valence-electron chi connectivity index (χ3n) is 4.18. The zero-order valence-corrected chi connectivity index (χ0v) is 15.9. The van der Waals surface area contributed by atoms with Gasteiger partial charge in [0.15, 0.2) is 0 Å². The zero-order chi connectivity index (χ0) is 16.8. The summed E-state index contributed by atoms with van der Waals surface area (Å²) in [6, 6.07) is 14.8. The summed E-state index contributed by atoms with van der Waals surface area (Å²) in [5.41, 5.74) is 1.35. The quantitative estimate of drug-likeness (QED) is 0.753. The summed E-state index contributed by atoms with van der Waals surface area (Å²) in [5.74, 6) is 0.000955. The van der Waals surface area contributed by atoms with Crippen LogP contribution in [0.15, 0.2) is 52.3 Å². The summed E-state index contributed by atoms with van der Waals surface area (Å²) in [6.07, 6.45) is 5.53. The van der Waals surface area contributed by atoms with Crippen molar-refractivity contribution in [1.82, 2.24) is 10.2 Å². The number of amides is 1. The van der Waals surface area contributed by atoms with Crippen LogP contribution < -0.4 is 5.32 Å². The smallest absolute Gasteiger partial charge is 0.244 e. The predicted molar refractivity (Wildman–Crippen MR) is 104 cm³/mol. The molecule has 1 aromatic heterocycles. The van der Waals surface area contributed by atoms with Crippen molar-refractivity contribution < 1.29 is 4.79 Å². The van der Waals surface area contributed by atoms with Crippen molar-refractivity contribution in [1.29, 1.82) is 0 Å². The number of hydrogen-bond acceptors (Lipinski definition) is 3. The van der Waals surface area contributed by atoms with Crippen LogP contribution in [-0.4, -0.2) is 29.9 Å². The molecule has 1 fully saturated rings. The van der Waals surface area contributed by atoms with Crippen molar-refractivity contribution in [3.05, 3.63) is 62.8 Å². The van der Waals surface area contributed by atoms with Gasteiger partial charge in [-0.1, -0.05) is 30.3 Å². The molecule has 3 rings (SSSR count). The molecular formula is C19H21BrN2OS. The summed E-state index contributed by atoms with van der Waals surface area (Å²) in [6.45, 7) is 3.05. The Morgan fingerprint density at radius 1 is 1.21 bits per heavy atom. The van der Waals surface area contributed by atoms with E-state index in [0.717, 1.165) is 41.1 Å². The summed E-state index contributed by atoms with van der Waals surface area (Å²) in [7, 11) is 0. The molecule has 1 aliphatic heterocycles. The zero-order valence-electron chi connectivity index (χ0n) is 13.5. The molecule has 0 unspecified atom stereocenters. The fraction of sp³-hybridized carbons (Fsp3) is 0.316. The molecule has 0 radical (unpaired) electrons. The monoisotopic (exact) mass is 404 g/mol. The first-order chi connectivity index (χ1) is 11.7. The van der Waals surface area contributed by atoms with Crippen LogP contribution in [0.5, 0.6) is 0 Å². The molecule has 1 aliphatic rings. The number of carbonyl (C=O) groups is 1. The van der Waals surface area contributed by atoms with Crippen LogP contribution in [0, 0.1) is 0 Å². The van der Waals surface area contributed by atoms with Crippen molar-refractivity contribution in [2.24, 2.45) is 0 Å². The fourth-order valence-electron chi connectivity index (χ4n) is 2.90. The van der Waals surface area contributed by atoms with Gasteiger partial charge >= 0.3 is 0 Å². The third kappa shape index (κ3) is 5.30. The van der Waals surface area contributed by atoms with Crippen LogP contribution in [0.2, 0.25) is 0 Å². The number of nitrogens with zero attached hydrogens (tertiary/aromatic N) is 1. The average molecular weight is 405 g/mol. The van der Waals surface area contributed by atoms with Gasteiger partial charge in [0.25, 0.3) is 0 Å². The molecule has 1 aromatic carbocycles. The molecule has 1 N–H and O–H groups in total.